The third-order valence-corrected chi connectivity index (χ3v) is 3.39. The van der Waals surface area contributed by atoms with Crippen molar-refractivity contribution in [1.82, 2.24) is 0 Å². The first-order valence-corrected chi connectivity index (χ1v) is 6.83. The Kier molecular flexibility index (Phi) is 4.99. The minimum Gasteiger partial charge on any atom is -0.318 e. The number of nitriles is 1. The molecule has 2 N–H and O–H groups in total. The van der Waals surface area contributed by atoms with Gasteiger partial charge in [-0.05, 0) is 42.5 Å². The zero-order valence-electron chi connectivity index (χ0n) is 11.1. The molecule has 0 heterocycles. The van der Waals surface area contributed by atoms with Gasteiger partial charge >= 0.3 is 11.8 Å². The molecular weight excluding hydrogens is 325 g/mol. The quantitative estimate of drug-likeness (QED) is 0.826. The molecule has 0 spiro atoms. The van der Waals surface area contributed by atoms with Gasteiger partial charge in [-0.3, -0.25) is 9.59 Å². The Hall–Kier alpha value is -2.55. The second-order valence-electron chi connectivity index (χ2n) is 4.23. The number of nitrogens with zero attached hydrogens (tertiary/aromatic N) is 1. The molecule has 0 bridgehead atoms. The third kappa shape index (κ3) is 3.98. The number of carbonyl (C=O) groups is 2. The number of hydrogen-bond donors (Lipinski definition) is 2. The van der Waals surface area contributed by atoms with E-state index in [9.17, 15) is 9.59 Å². The van der Waals surface area contributed by atoms with Crippen LogP contribution in [0.2, 0.25) is 10.0 Å². The summed E-state index contributed by atoms with van der Waals surface area (Å²) in [6, 6.07) is 12.6. The van der Waals surface area contributed by atoms with Crippen LogP contribution in [-0.4, -0.2) is 11.8 Å². The maximum absolute atomic E-state index is 11.8. The van der Waals surface area contributed by atoms with Crippen LogP contribution in [0.15, 0.2) is 42.5 Å². The van der Waals surface area contributed by atoms with Gasteiger partial charge in [0.2, 0.25) is 0 Å². The standard InChI is InChI=1S/C15H9Cl2N3O2/c16-12-6-5-11(7-13(12)17)20-15(22)14(21)19-10-3-1-9(8-18)2-4-10/h1-7H,(H,19,21)(H,20,22). The van der Waals surface area contributed by atoms with Crippen molar-refractivity contribution < 1.29 is 9.59 Å². The van der Waals surface area contributed by atoms with E-state index in [1.54, 1.807) is 0 Å². The zero-order chi connectivity index (χ0) is 16.1. The minimum absolute atomic E-state index is 0.270. The number of halogens is 2. The van der Waals surface area contributed by atoms with E-state index in [0.717, 1.165) is 0 Å². The van der Waals surface area contributed by atoms with Gasteiger partial charge in [0, 0.05) is 11.4 Å². The maximum Gasteiger partial charge on any atom is 0.314 e. The van der Waals surface area contributed by atoms with Gasteiger partial charge in [-0.15, -0.1) is 0 Å². The van der Waals surface area contributed by atoms with Crippen LogP contribution in [0.1, 0.15) is 5.56 Å². The Morgan fingerprint density at radius 3 is 1.95 bits per heavy atom. The molecule has 110 valence electrons. The van der Waals surface area contributed by atoms with Crippen LogP contribution < -0.4 is 10.6 Å². The van der Waals surface area contributed by atoms with Crippen LogP contribution in [-0.2, 0) is 9.59 Å². The van der Waals surface area contributed by atoms with Crippen LogP contribution in [0.3, 0.4) is 0 Å². The highest BCUT2D eigenvalue weighted by Crippen LogP contribution is 2.24. The van der Waals surface area contributed by atoms with E-state index < -0.39 is 11.8 Å². The Morgan fingerprint density at radius 1 is 0.864 bits per heavy atom. The largest absolute Gasteiger partial charge is 0.318 e. The monoisotopic (exact) mass is 333 g/mol. The van der Waals surface area contributed by atoms with Crippen molar-refractivity contribution in [3.63, 3.8) is 0 Å². The predicted octanol–water partition coefficient (Wildman–Crippen LogP) is 3.44. The number of benzene rings is 2. The summed E-state index contributed by atoms with van der Waals surface area (Å²) in [4.78, 5) is 23.6. The number of rotatable bonds is 2. The summed E-state index contributed by atoms with van der Waals surface area (Å²) in [5, 5.41) is 14.1. The van der Waals surface area contributed by atoms with Gasteiger partial charge in [0.1, 0.15) is 0 Å². The van der Waals surface area contributed by atoms with E-state index in [2.05, 4.69) is 10.6 Å². The lowest BCUT2D eigenvalue weighted by molar-refractivity contribution is -0.132. The lowest BCUT2D eigenvalue weighted by Crippen LogP contribution is -2.29. The highest BCUT2D eigenvalue weighted by molar-refractivity contribution is 6.44. The van der Waals surface area contributed by atoms with Crippen molar-refractivity contribution in [2.45, 2.75) is 0 Å². The fourth-order valence-corrected chi connectivity index (χ4v) is 1.88. The summed E-state index contributed by atoms with van der Waals surface area (Å²) in [7, 11) is 0. The Morgan fingerprint density at radius 2 is 1.41 bits per heavy atom. The molecule has 0 atom stereocenters. The Labute approximate surface area is 136 Å². The predicted molar refractivity (Wildman–Crippen MR) is 84.9 cm³/mol. The molecule has 22 heavy (non-hydrogen) atoms. The molecule has 2 rings (SSSR count). The number of amides is 2. The van der Waals surface area contributed by atoms with Gasteiger partial charge in [-0.2, -0.15) is 5.26 Å². The molecule has 0 aliphatic heterocycles. The minimum atomic E-state index is -0.845. The molecule has 0 aliphatic rings. The molecule has 2 aromatic carbocycles. The normalized spacial score (nSPS) is 9.68. The molecular formula is C15H9Cl2N3O2. The Balaban J connectivity index is 2.01. The smallest absolute Gasteiger partial charge is 0.314 e. The van der Waals surface area contributed by atoms with Crippen molar-refractivity contribution in [2.24, 2.45) is 0 Å². The SMILES string of the molecule is N#Cc1ccc(NC(=O)C(=O)Nc2ccc(Cl)c(Cl)c2)cc1. The first-order chi connectivity index (χ1) is 10.5. The van der Waals surface area contributed by atoms with Gasteiger partial charge in [0.25, 0.3) is 0 Å². The zero-order valence-corrected chi connectivity index (χ0v) is 12.6. The molecule has 7 heteroatoms. The average Bonchev–Trinajstić information content (AvgIpc) is 2.51. The second kappa shape index (κ2) is 6.94. The first-order valence-electron chi connectivity index (χ1n) is 6.07. The van der Waals surface area contributed by atoms with Gasteiger partial charge in [-0.25, -0.2) is 0 Å². The number of hydrogen-bond acceptors (Lipinski definition) is 3. The van der Waals surface area contributed by atoms with Crippen LogP contribution in [0.25, 0.3) is 0 Å². The molecule has 5 nitrogen and oxygen atoms in total. The molecule has 0 aromatic heterocycles. The number of carbonyl (C=O) groups excluding carboxylic acids is 2. The maximum atomic E-state index is 11.8. The molecule has 0 aliphatic carbocycles. The van der Waals surface area contributed by atoms with E-state index in [-0.39, 0.29) is 5.02 Å². The van der Waals surface area contributed by atoms with Crippen LogP contribution in [0.4, 0.5) is 11.4 Å². The summed E-state index contributed by atoms with van der Waals surface area (Å²) in [5.74, 6) is -1.68. The van der Waals surface area contributed by atoms with Gasteiger partial charge in [0.15, 0.2) is 0 Å². The molecule has 0 radical (unpaired) electrons. The van der Waals surface area contributed by atoms with Gasteiger partial charge in [-0.1, -0.05) is 23.2 Å². The topological polar surface area (TPSA) is 82.0 Å². The third-order valence-electron chi connectivity index (χ3n) is 2.66. The lowest BCUT2D eigenvalue weighted by Gasteiger charge is -2.07. The molecule has 2 aromatic rings. The van der Waals surface area contributed by atoms with E-state index in [0.29, 0.717) is 22.0 Å². The van der Waals surface area contributed by atoms with Crippen molar-refractivity contribution >= 4 is 46.4 Å². The first kappa shape index (κ1) is 15.8. The molecule has 0 saturated heterocycles. The fraction of sp³-hybridized carbons (Fsp3) is 0. The van der Waals surface area contributed by atoms with Gasteiger partial charge < -0.3 is 10.6 Å². The van der Waals surface area contributed by atoms with Crippen LogP contribution >= 0.6 is 23.2 Å². The molecule has 0 fully saturated rings. The number of nitrogens with one attached hydrogen (secondary N) is 2. The van der Waals surface area contributed by atoms with Crippen LogP contribution in [0, 0.1) is 11.3 Å². The molecule has 2 amide bonds. The summed E-state index contributed by atoms with van der Waals surface area (Å²) in [6.07, 6.45) is 0. The summed E-state index contributed by atoms with van der Waals surface area (Å²) < 4.78 is 0. The van der Waals surface area contributed by atoms with E-state index >= 15 is 0 Å². The van der Waals surface area contributed by atoms with Gasteiger partial charge in [0.05, 0.1) is 21.7 Å². The van der Waals surface area contributed by atoms with Crippen molar-refractivity contribution in [1.29, 1.82) is 5.26 Å². The highest BCUT2D eigenvalue weighted by atomic mass is 35.5. The lowest BCUT2D eigenvalue weighted by atomic mass is 10.2. The molecule has 0 unspecified atom stereocenters. The fourth-order valence-electron chi connectivity index (χ4n) is 1.58. The molecule has 0 saturated carbocycles. The summed E-state index contributed by atoms with van der Waals surface area (Å²) in [5.41, 5.74) is 1.22. The second-order valence-corrected chi connectivity index (χ2v) is 5.04. The van der Waals surface area contributed by atoms with E-state index in [1.165, 1.54) is 42.5 Å². The van der Waals surface area contributed by atoms with Crippen LogP contribution in [0.5, 0.6) is 0 Å². The Bertz CT molecular complexity index is 767. The average molecular weight is 334 g/mol. The van der Waals surface area contributed by atoms with Crippen molar-refractivity contribution in [3.05, 3.63) is 58.1 Å². The van der Waals surface area contributed by atoms with Crippen molar-refractivity contribution in [2.75, 3.05) is 10.6 Å². The van der Waals surface area contributed by atoms with Crippen molar-refractivity contribution in [3.8, 4) is 6.07 Å². The summed E-state index contributed by atoms with van der Waals surface area (Å²) >= 11 is 11.6. The summed E-state index contributed by atoms with van der Waals surface area (Å²) in [6.45, 7) is 0. The number of anilines is 2. The van der Waals surface area contributed by atoms with E-state index in [4.69, 9.17) is 28.5 Å². The van der Waals surface area contributed by atoms with E-state index in [1.807, 2.05) is 6.07 Å². The highest BCUT2D eigenvalue weighted by Gasteiger charge is 2.14.